The summed E-state index contributed by atoms with van der Waals surface area (Å²) in [5.41, 5.74) is 6.96. The Morgan fingerprint density at radius 2 is 2.44 bits per heavy atom. The van der Waals surface area contributed by atoms with Gasteiger partial charge in [-0.05, 0) is 49.5 Å². The fourth-order valence-electron chi connectivity index (χ4n) is 2.29. The Balaban J connectivity index is 1.94. The normalized spacial score (nSPS) is 22.2. The van der Waals surface area contributed by atoms with Crippen molar-refractivity contribution in [2.75, 3.05) is 19.6 Å². The van der Waals surface area contributed by atoms with E-state index in [1.807, 2.05) is 12.1 Å². The molecule has 16 heavy (non-hydrogen) atoms. The molecule has 2 N–H and O–H groups in total. The van der Waals surface area contributed by atoms with Crippen LogP contribution in [0.25, 0.3) is 0 Å². The van der Waals surface area contributed by atoms with Crippen LogP contribution in [0.1, 0.15) is 18.4 Å². The Morgan fingerprint density at radius 1 is 1.56 bits per heavy atom. The molecule has 4 heteroatoms. The van der Waals surface area contributed by atoms with Crippen LogP contribution in [0.5, 0.6) is 0 Å². The second-order valence-corrected chi connectivity index (χ2v) is 4.85. The monoisotopic (exact) mass is 239 g/mol. The van der Waals surface area contributed by atoms with Gasteiger partial charge in [0.25, 0.3) is 0 Å². The fraction of sp³-hybridized carbons (Fsp3) is 0.583. The fourth-order valence-corrected chi connectivity index (χ4v) is 2.48. The minimum absolute atomic E-state index is 0.574. The maximum Gasteiger partial charge on any atom is 0.129 e. The molecule has 1 fully saturated rings. The number of nitrogens with zero attached hydrogens (tertiary/aromatic N) is 2. The molecule has 1 aromatic rings. The summed E-state index contributed by atoms with van der Waals surface area (Å²) in [6.07, 6.45) is 4.28. The maximum atomic E-state index is 5.87. The van der Waals surface area contributed by atoms with E-state index in [0.717, 1.165) is 26.2 Å². The molecule has 0 radical (unpaired) electrons. The SMILES string of the molecule is NCC1CCCN(Cc2ccnc(Cl)c2)C1. The van der Waals surface area contributed by atoms with E-state index in [0.29, 0.717) is 11.1 Å². The van der Waals surface area contributed by atoms with Crippen LogP contribution in [0.3, 0.4) is 0 Å². The van der Waals surface area contributed by atoms with E-state index in [1.165, 1.54) is 18.4 Å². The van der Waals surface area contributed by atoms with Gasteiger partial charge in [0.1, 0.15) is 5.15 Å². The summed E-state index contributed by atoms with van der Waals surface area (Å²) in [4.78, 5) is 6.44. The van der Waals surface area contributed by atoms with Crippen LogP contribution in [-0.2, 0) is 6.54 Å². The van der Waals surface area contributed by atoms with Crippen molar-refractivity contribution in [1.82, 2.24) is 9.88 Å². The van der Waals surface area contributed by atoms with Crippen LogP contribution >= 0.6 is 11.6 Å². The molecule has 0 bridgehead atoms. The van der Waals surface area contributed by atoms with Gasteiger partial charge in [-0.2, -0.15) is 0 Å². The molecule has 88 valence electrons. The molecule has 2 heterocycles. The lowest BCUT2D eigenvalue weighted by Gasteiger charge is -2.32. The quantitative estimate of drug-likeness (QED) is 0.820. The Hall–Kier alpha value is -0.640. The Bertz CT molecular complexity index is 343. The highest BCUT2D eigenvalue weighted by Gasteiger charge is 2.18. The third kappa shape index (κ3) is 3.17. The standard InChI is InChI=1S/C12H18ClN3/c13-12-6-10(3-4-15-12)8-16-5-1-2-11(7-14)9-16/h3-4,6,11H,1-2,5,7-9,14H2. The summed E-state index contributed by atoms with van der Waals surface area (Å²) in [6, 6.07) is 3.96. The van der Waals surface area contributed by atoms with Crippen molar-refractivity contribution < 1.29 is 0 Å². The third-order valence-corrected chi connectivity index (χ3v) is 3.34. The Morgan fingerprint density at radius 3 is 3.19 bits per heavy atom. The predicted molar refractivity (Wildman–Crippen MR) is 66.3 cm³/mol. The zero-order valence-corrected chi connectivity index (χ0v) is 10.2. The molecule has 1 aliphatic rings. The Labute approximate surface area is 102 Å². The first-order valence-corrected chi connectivity index (χ1v) is 6.18. The molecule has 0 saturated carbocycles. The van der Waals surface area contributed by atoms with E-state index in [9.17, 15) is 0 Å². The van der Waals surface area contributed by atoms with Crippen LogP contribution in [0.15, 0.2) is 18.3 Å². The largest absolute Gasteiger partial charge is 0.330 e. The molecule has 1 aliphatic heterocycles. The van der Waals surface area contributed by atoms with Gasteiger partial charge in [-0.3, -0.25) is 4.90 Å². The van der Waals surface area contributed by atoms with Gasteiger partial charge < -0.3 is 5.73 Å². The van der Waals surface area contributed by atoms with Crippen LogP contribution in [0, 0.1) is 5.92 Å². The van der Waals surface area contributed by atoms with Gasteiger partial charge in [0, 0.05) is 19.3 Å². The number of rotatable bonds is 3. The summed E-state index contributed by atoms with van der Waals surface area (Å²) in [6.45, 7) is 4.03. The average Bonchev–Trinajstić information content (AvgIpc) is 2.29. The number of aromatic nitrogens is 1. The van der Waals surface area contributed by atoms with Crippen molar-refractivity contribution in [2.24, 2.45) is 11.7 Å². The van der Waals surface area contributed by atoms with E-state index in [-0.39, 0.29) is 0 Å². The molecule has 1 atom stereocenters. The van der Waals surface area contributed by atoms with E-state index in [1.54, 1.807) is 6.20 Å². The molecule has 1 unspecified atom stereocenters. The van der Waals surface area contributed by atoms with Gasteiger partial charge in [0.2, 0.25) is 0 Å². The van der Waals surface area contributed by atoms with Crippen molar-refractivity contribution in [3.63, 3.8) is 0 Å². The molecule has 0 spiro atoms. The average molecular weight is 240 g/mol. The highest BCUT2D eigenvalue weighted by molar-refractivity contribution is 6.29. The predicted octanol–water partition coefficient (Wildman–Crippen LogP) is 1.91. The van der Waals surface area contributed by atoms with Crippen LogP contribution in [0.4, 0.5) is 0 Å². The number of halogens is 1. The van der Waals surface area contributed by atoms with E-state index < -0.39 is 0 Å². The minimum Gasteiger partial charge on any atom is -0.330 e. The minimum atomic E-state index is 0.574. The van der Waals surface area contributed by atoms with Crippen molar-refractivity contribution in [2.45, 2.75) is 19.4 Å². The lowest BCUT2D eigenvalue weighted by molar-refractivity contribution is 0.171. The molecule has 0 aliphatic carbocycles. The summed E-state index contributed by atoms with van der Waals surface area (Å²) in [7, 11) is 0. The van der Waals surface area contributed by atoms with Gasteiger partial charge in [-0.1, -0.05) is 11.6 Å². The number of likely N-dealkylation sites (tertiary alicyclic amines) is 1. The molecule has 0 aromatic carbocycles. The number of piperidine rings is 1. The summed E-state index contributed by atoms with van der Waals surface area (Å²) in [5, 5.41) is 0.574. The number of pyridine rings is 1. The molecular weight excluding hydrogens is 222 g/mol. The molecule has 3 nitrogen and oxygen atoms in total. The van der Waals surface area contributed by atoms with Gasteiger partial charge in [-0.25, -0.2) is 4.98 Å². The lowest BCUT2D eigenvalue weighted by Crippen LogP contribution is -2.37. The molecule has 1 aromatic heterocycles. The summed E-state index contributed by atoms with van der Waals surface area (Å²) >= 11 is 5.87. The number of hydrogen-bond acceptors (Lipinski definition) is 3. The third-order valence-electron chi connectivity index (χ3n) is 3.13. The smallest absolute Gasteiger partial charge is 0.129 e. The first kappa shape index (κ1) is 11.8. The van der Waals surface area contributed by atoms with Crippen molar-refractivity contribution in [1.29, 1.82) is 0 Å². The molecule has 2 rings (SSSR count). The topological polar surface area (TPSA) is 42.1 Å². The highest BCUT2D eigenvalue weighted by Crippen LogP contribution is 2.18. The molecule has 1 saturated heterocycles. The molecule has 0 amide bonds. The van der Waals surface area contributed by atoms with Gasteiger partial charge in [0.15, 0.2) is 0 Å². The second-order valence-electron chi connectivity index (χ2n) is 4.47. The Kier molecular flexibility index (Phi) is 4.16. The van der Waals surface area contributed by atoms with Crippen molar-refractivity contribution >= 4 is 11.6 Å². The number of nitrogens with two attached hydrogens (primary N) is 1. The zero-order valence-electron chi connectivity index (χ0n) is 9.40. The first-order chi connectivity index (χ1) is 7.78. The van der Waals surface area contributed by atoms with E-state index in [4.69, 9.17) is 17.3 Å². The van der Waals surface area contributed by atoms with E-state index in [2.05, 4.69) is 9.88 Å². The van der Waals surface area contributed by atoms with Crippen LogP contribution in [-0.4, -0.2) is 29.5 Å². The van der Waals surface area contributed by atoms with Crippen LogP contribution in [0.2, 0.25) is 5.15 Å². The van der Waals surface area contributed by atoms with E-state index >= 15 is 0 Å². The summed E-state index contributed by atoms with van der Waals surface area (Å²) < 4.78 is 0. The van der Waals surface area contributed by atoms with Gasteiger partial charge >= 0.3 is 0 Å². The van der Waals surface area contributed by atoms with Gasteiger partial charge in [0.05, 0.1) is 0 Å². The molecular formula is C12H18ClN3. The van der Waals surface area contributed by atoms with Gasteiger partial charge in [-0.15, -0.1) is 0 Å². The van der Waals surface area contributed by atoms with Crippen LogP contribution < -0.4 is 5.73 Å². The second kappa shape index (κ2) is 5.62. The lowest BCUT2D eigenvalue weighted by atomic mass is 9.98. The van der Waals surface area contributed by atoms with Crippen molar-refractivity contribution in [3.05, 3.63) is 29.0 Å². The first-order valence-electron chi connectivity index (χ1n) is 5.81. The maximum absolute atomic E-state index is 5.87. The highest BCUT2D eigenvalue weighted by atomic mass is 35.5. The zero-order chi connectivity index (χ0) is 11.4. The number of hydrogen-bond donors (Lipinski definition) is 1. The van der Waals surface area contributed by atoms with Crippen molar-refractivity contribution in [3.8, 4) is 0 Å². The summed E-state index contributed by atoms with van der Waals surface area (Å²) in [5.74, 6) is 0.658.